The molecule has 2 heterocycles. The van der Waals surface area contributed by atoms with Crippen LogP contribution in [0, 0.1) is 0 Å². The fraction of sp³-hybridized carbons (Fsp3) is 0.611. The number of methoxy groups -OCH3 is 1. The Morgan fingerprint density at radius 1 is 1.31 bits per heavy atom. The van der Waals surface area contributed by atoms with Crippen molar-refractivity contribution in [2.45, 2.75) is 49.6 Å². The molecule has 7 nitrogen and oxygen atoms in total. The number of carbonyl (C=O) groups excluding carboxylic acids is 1. The average Bonchev–Trinajstić information content (AvgIpc) is 3.16. The molecular formula is C18H27N3O4S. The van der Waals surface area contributed by atoms with Gasteiger partial charge in [-0.05, 0) is 57.4 Å². The number of nitrogens with zero attached hydrogens (tertiary/aromatic N) is 1. The number of piperidine rings is 1. The highest BCUT2D eigenvalue weighted by Crippen LogP contribution is 2.30. The summed E-state index contributed by atoms with van der Waals surface area (Å²) in [7, 11) is -2.22. The normalized spacial score (nSPS) is 24.4. The van der Waals surface area contributed by atoms with E-state index in [0.29, 0.717) is 24.7 Å². The Morgan fingerprint density at radius 3 is 2.69 bits per heavy atom. The lowest BCUT2D eigenvalue weighted by atomic mass is 10.0. The van der Waals surface area contributed by atoms with E-state index < -0.39 is 10.0 Å². The largest absolute Gasteiger partial charge is 0.495 e. The van der Waals surface area contributed by atoms with E-state index in [2.05, 4.69) is 17.6 Å². The smallest absolute Gasteiger partial charge is 0.251 e. The zero-order valence-electron chi connectivity index (χ0n) is 15.3. The third-order valence-corrected chi connectivity index (χ3v) is 6.99. The van der Waals surface area contributed by atoms with E-state index >= 15 is 0 Å². The van der Waals surface area contributed by atoms with Crippen LogP contribution in [0.1, 0.15) is 43.0 Å². The molecule has 2 atom stereocenters. The maximum absolute atomic E-state index is 12.9. The van der Waals surface area contributed by atoms with Crippen molar-refractivity contribution in [2.75, 3.05) is 26.7 Å². The molecule has 3 rings (SSSR count). The van der Waals surface area contributed by atoms with E-state index in [0.717, 1.165) is 32.2 Å². The van der Waals surface area contributed by atoms with Crippen molar-refractivity contribution < 1.29 is 17.9 Å². The molecule has 26 heavy (non-hydrogen) atoms. The highest BCUT2D eigenvalue weighted by molar-refractivity contribution is 7.89. The number of carbonyl (C=O) groups is 1. The van der Waals surface area contributed by atoms with Crippen LogP contribution in [0.25, 0.3) is 0 Å². The lowest BCUT2D eigenvalue weighted by molar-refractivity contribution is 0.0925. The van der Waals surface area contributed by atoms with Crippen molar-refractivity contribution >= 4 is 15.9 Å². The van der Waals surface area contributed by atoms with Crippen LogP contribution in [-0.4, -0.2) is 57.5 Å². The molecule has 0 spiro atoms. The lowest BCUT2D eigenvalue weighted by Gasteiger charge is -2.28. The van der Waals surface area contributed by atoms with Gasteiger partial charge in [-0.1, -0.05) is 0 Å². The number of nitrogens with one attached hydrogen (secondary N) is 2. The van der Waals surface area contributed by atoms with Gasteiger partial charge in [-0.15, -0.1) is 0 Å². The summed E-state index contributed by atoms with van der Waals surface area (Å²) >= 11 is 0. The summed E-state index contributed by atoms with van der Waals surface area (Å²) in [6, 6.07) is 5.06. The first-order valence-corrected chi connectivity index (χ1v) is 10.6. The van der Waals surface area contributed by atoms with E-state index in [1.54, 1.807) is 12.1 Å². The molecule has 0 aromatic heterocycles. The molecule has 2 fully saturated rings. The number of sulfonamides is 1. The maximum atomic E-state index is 12.9. The van der Waals surface area contributed by atoms with Crippen LogP contribution in [0.15, 0.2) is 23.1 Å². The number of hydrogen-bond donors (Lipinski definition) is 2. The number of benzene rings is 1. The molecule has 144 valence electrons. The average molecular weight is 381 g/mol. The second-order valence-corrected chi connectivity index (χ2v) is 8.93. The second-order valence-electron chi connectivity index (χ2n) is 7.03. The molecular weight excluding hydrogens is 354 g/mol. The Morgan fingerprint density at radius 2 is 2.04 bits per heavy atom. The van der Waals surface area contributed by atoms with Gasteiger partial charge >= 0.3 is 0 Å². The second kappa shape index (κ2) is 7.94. The van der Waals surface area contributed by atoms with Gasteiger partial charge in [0.25, 0.3) is 5.91 Å². The minimum absolute atomic E-state index is 0.0632. The summed E-state index contributed by atoms with van der Waals surface area (Å²) in [6.07, 6.45) is 3.44. The van der Waals surface area contributed by atoms with Crippen LogP contribution < -0.4 is 15.4 Å². The molecule has 0 aliphatic carbocycles. The standard InChI is InChI=1S/C18H27N3O4S/c1-13-11-15(7-8-19-13)20-18(22)14-5-6-16(25-2)17(12-14)26(23,24)21-9-3-4-10-21/h5-6,12-13,15,19H,3-4,7-11H2,1-2H3,(H,20,22). The Kier molecular flexibility index (Phi) is 5.84. The van der Waals surface area contributed by atoms with Gasteiger partial charge in [0, 0.05) is 30.7 Å². The van der Waals surface area contributed by atoms with Crippen LogP contribution in [0.5, 0.6) is 5.75 Å². The van der Waals surface area contributed by atoms with Crippen LogP contribution in [0.3, 0.4) is 0 Å². The van der Waals surface area contributed by atoms with Gasteiger partial charge in [-0.2, -0.15) is 4.31 Å². The zero-order chi connectivity index (χ0) is 18.7. The molecule has 1 aromatic carbocycles. The molecule has 1 aromatic rings. The van der Waals surface area contributed by atoms with Gasteiger partial charge in [0.15, 0.2) is 0 Å². The monoisotopic (exact) mass is 381 g/mol. The summed E-state index contributed by atoms with van der Waals surface area (Å²) in [4.78, 5) is 12.7. The molecule has 2 unspecified atom stereocenters. The number of rotatable bonds is 5. The van der Waals surface area contributed by atoms with Crippen LogP contribution in [0.2, 0.25) is 0 Å². The summed E-state index contributed by atoms with van der Waals surface area (Å²) in [5, 5.41) is 6.37. The van der Waals surface area contributed by atoms with Crippen molar-refractivity contribution in [3.05, 3.63) is 23.8 Å². The fourth-order valence-electron chi connectivity index (χ4n) is 3.62. The van der Waals surface area contributed by atoms with Gasteiger partial charge in [0.05, 0.1) is 7.11 Å². The Hall–Kier alpha value is -1.64. The van der Waals surface area contributed by atoms with E-state index in [9.17, 15) is 13.2 Å². The maximum Gasteiger partial charge on any atom is 0.251 e. The summed E-state index contributed by atoms with van der Waals surface area (Å²) < 4.78 is 32.6. The Balaban J connectivity index is 1.83. The molecule has 2 saturated heterocycles. The quantitative estimate of drug-likeness (QED) is 0.804. The Bertz CT molecular complexity index is 760. The molecule has 1 amide bonds. The fourth-order valence-corrected chi connectivity index (χ4v) is 5.32. The molecule has 8 heteroatoms. The number of ether oxygens (including phenoxy) is 1. The first-order valence-electron chi connectivity index (χ1n) is 9.14. The van der Waals surface area contributed by atoms with Crippen molar-refractivity contribution in [1.29, 1.82) is 0 Å². The number of hydrogen-bond acceptors (Lipinski definition) is 5. The van der Waals surface area contributed by atoms with Gasteiger partial charge in [-0.25, -0.2) is 8.42 Å². The third-order valence-electron chi connectivity index (χ3n) is 5.07. The van der Waals surface area contributed by atoms with Crippen LogP contribution >= 0.6 is 0 Å². The molecule has 0 bridgehead atoms. The predicted octanol–water partition coefficient (Wildman–Crippen LogP) is 1.35. The molecule has 2 aliphatic rings. The summed E-state index contributed by atoms with van der Waals surface area (Å²) in [6.45, 7) is 3.97. The Labute approximate surface area is 155 Å². The number of amides is 1. The van der Waals surface area contributed by atoms with Crippen molar-refractivity contribution in [3.63, 3.8) is 0 Å². The predicted molar refractivity (Wildman–Crippen MR) is 98.9 cm³/mol. The first-order chi connectivity index (χ1) is 12.4. The van der Waals surface area contributed by atoms with E-state index in [1.165, 1.54) is 17.5 Å². The molecule has 0 radical (unpaired) electrons. The topological polar surface area (TPSA) is 87.7 Å². The highest BCUT2D eigenvalue weighted by Gasteiger charge is 2.31. The van der Waals surface area contributed by atoms with E-state index in [1.807, 2.05) is 0 Å². The summed E-state index contributed by atoms with van der Waals surface area (Å²) in [5.74, 6) is 0.0218. The van der Waals surface area contributed by atoms with Crippen molar-refractivity contribution in [2.24, 2.45) is 0 Å². The molecule has 2 aliphatic heterocycles. The van der Waals surface area contributed by atoms with Gasteiger partial charge in [-0.3, -0.25) is 4.79 Å². The SMILES string of the molecule is COc1ccc(C(=O)NC2CCNC(C)C2)cc1S(=O)(=O)N1CCCC1. The zero-order valence-corrected chi connectivity index (χ0v) is 16.1. The minimum atomic E-state index is -3.66. The van der Waals surface area contributed by atoms with Gasteiger partial charge < -0.3 is 15.4 Å². The highest BCUT2D eigenvalue weighted by atomic mass is 32.2. The van der Waals surface area contributed by atoms with Crippen LogP contribution in [-0.2, 0) is 10.0 Å². The molecule has 2 N–H and O–H groups in total. The van der Waals surface area contributed by atoms with E-state index in [4.69, 9.17) is 4.74 Å². The van der Waals surface area contributed by atoms with Gasteiger partial charge in [0.2, 0.25) is 10.0 Å². The lowest BCUT2D eigenvalue weighted by Crippen LogP contribution is -2.46. The van der Waals surface area contributed by atoms with Crippen molar-refractivity contribution in [3.8, 4) is 5.75 Å². The van der Waals surface area contributed by atoms with Crippen molar-refractivity contribution in [1.82, 2.24) is 14.9 Å². The third kappa shape index (κ3) is 4.02. The minimum Gasteiger partial charge on any atom is -0.495 e. The first kappa shape index (κ1) is 19.1. The van der Waals surface area contributed by atoms with Crippen LogP contribution in [0.4, 0.5) is 0 Å². The van der Waals surface area contributed by atoms with E-state index in [-0.39, 0.29) is 22.6 Å². The van der Waals surface area contributed by atoms with Gasteiger partial charge in [0.1, 0.15) is 10.6 Å². The molecule has 0 saturated carbocycles. The summed E-state index contributed by atoms with van der Waals surface area (Å²) in [5.41, 5.74) is 0.342.